The van der Waals surface area contributed by atoms with Crippen molar-refractivity contribution in [2.45, 2.75) is 71.5 Å². The molecule has 1 aliphatic rings. The van der Waals surface area contributed by atoms with E-state index in [0.717, 1.165) is 11.1 Å². The summed E-state index contributed by atoms with van der Waals surface area (Å²) in [6.45, 7) is 7.90. The average molecular weight is 529 g/mol. The van der Waals surface area contributed by atoms with Crippen molar-refractivity contribution in [1.29, 1.82) is 0 Å². The molecule has 1 N–H and O–H groups in total. The number of hydrogen-bond donors (Lipinski definition) is 1. The average Bonchev–Trinajstić information content (AvgIpc) is 3.23. The molecule has 2 atom stereocenters. The molecule has 2 aromatic rings. The predicted molar refractivity (Wildman–Crippen MR) is 124 cm³/mol. The standard InChI is InChI=1S/C24H31F3N4O6/c1-14-10-15(2)12-16(11-14)19(32)28-17-6-7-18(31(13-17)22(33)37-23(3,4)5)20-29-30-21(36-20)34-8-9-35-24(25,26)27/h10-12,17-18H,6-9,13H2,1-5H3,(H,28,32)/t17?,18-/m0/s1. The first kappa shape index (κ1) is 28.2. The van der Waals surface area contributed by atoms with E-state index in [4.69, 9.17) is 13.9 Å². The number of carbonyl (C=O) groups excluding carboxylic acids is 2. The predicted octanol–water partition coefficient (Wildman–Crippen LogP) is 4.47. The number of piperidine rings is 1. The number of halogens is 3. The van der Waals surface area contributed by atoms with Gasteiger partial charge in [0.05, 0.1) is 6.61 Å². The van der Waals surface area contributed by atoms with Crippen molar-refractivity contribution in [2.24, 2.45) is 0 Å². The van der Waals surface area contributed by atoms with Gasteiger partial charge in [-0.2, -0.15) is 0 Å². The van der Waals surface area contributed by atoms with Gasteiger partial charge in [0, 0.05) is 18.2 Å². The van der Waals surface area contributed by atoms with Crippen LogP contribution in [0.1, 0.15) is 67.0 Å². The normalized spacial score (nSPS) is 18.4. The molecule has 0 aliphatic carbocycles. The molecule has 2 heterocycles. The summed E-state index contributed by atoms with van der Waals surface area (Å²) in [5, 5.41) is 10.6. The molecule has 0 spiro atoms. The number of rotatable bonds is 7. The molecule has 0 saturated carbocycles. The van der Waals surface area contributed by atoms with Crippen LogP contribution in [0.2, 0.25) is 0 Å². The number of aromatic nitrogens is 2. The van der Waals surface area contributed by atoms with Crippen LogP contribution in [0.3, 0.4) is 0 Å². The minimum atomic E-state index is -4.77. The second-order valence-electron chi connectivity index (χ2n) is 9.82. The Bertz CT molecular complexity index is 1080. The number of nitrogens with one attached hydrogen (secondary N) is 1. The molecule has 1 saturated heterocycles. The molecule has 13 heteroatoms. The highest BCUT2D eigenvalue weighted by atomic mass is 19.4. The molecular weight excluding hydrogens is 497 g/mol. The number of likely N-dealkylation sites (tertiary alicyclic amines) is 1. The maximum absolute atomic E-state index is 13.0. The summed E-state index contributed by atoms with van der Waals surface area (Å²) in [5.41, 5.74) is 1.67. The summed E-state index contributed by atoms with van der Waals surface area (Å²) in [7, 11) is 0. The second-order valence-corrected chi connectivity index (χ2v) is 9.82. The maximum Gasteiger partial charge on any atom is 0.522 e. The minimum Gasteiger partial charge on any atom is -0.447 e. The van der Waals surface area contributed by atoms with E-state index in [-0.39, 0.29) is 30.5 Å². The van der Waals surface area contributed by atoms with Crippen molar-refractivity contribution < 1.29 is 41.4 Å². The molecule has 37 heavy (non-hydrogen) atoms. The van der Waals surface area contributed by atoms with Crippen molar-refractivity contribution in [3.63, 3.8) is 0 Å². The van der Waals surface area contributed by atoms with Crippen LogP contribution in [0, 0.1) is 13.8 Å². The summed E-state index contributed by atoms with van der Waals surface area (Å²) >= 11 is 0. The van der Waals surface area contributed by atoms with Crippen LogP contribution in [0.4, 0.5) is 18.0 Å². The number of hydrogen-bond acceptors (Lipinski definition) is 8. The molecular formula is C24H31F3N4O6. The first-order valence-electron chi connectivity index (χ1n) is 11.8. The van der Waals surface area contributed by atoms with Crippen molar-refractivity contribution in [3.8, 4) is 6.08 Å². The van der Waals surface area contributed by atoms with Crippen molar-refractivity contribution in [2.75, 3.05) is 19.8 Å². The zero-order chi connectivity index (χ0) is 27.4. The molecule has 0 radical (unpaired) electrons. The van der Waals surface area contributed by atoms with Gasteiger partial charge < -0.3 is 19.2 Å². The Morgan fingerprint density at radius 2 is 1.76 bits per heavy atom. The molecule has 3 rings (SSSR count). The molecule has 1 fully saturated rings. The van der Waals surface area contributed by atoms with Crippen molar-refractivity contribution in [3.05, 3.63) is 40.8 Å². The largest absolute Gasteiger partial charge is 0.522 e. The summed E-state index contributed by atoms with van der Waals surface area (Å²) in [6, 6.07) is 4.51. The van der Waals surface area contributed by atoms with Crippen LogP contribution >= 0.6 is 0 Å². The smallest absolute Gasteiger partial charge is 0.447 e. The van der Waals surface area contributed by atoms with Gasteiger partial charge in [0.2, 0.25) is 5.89 Å². The Morgan fingerprint density at radius 3 is 2.38 bits per heavy atom. The fourth-order valence-corrected chi connectivity index (χ4v) is 3.94. The number of benzene rings is 1. The first-order chi connectivity index (χ1) is 17.2. The van der Waals surface area contributed by atoms with Gasteiger partial charge in [-0.1, -0.05) is 22.3 Å². The molecule has 1 aromatic carbocycles. The first-order valence-corrected chi connectivity index (χ1v) is 11.8. The lowest BCUT2D eigenvalue weighted by molar-refractivity contribution is -0.325. The maximum atomic E-state index is 13.0. The highest BCUT2D eigenvalue weighted by Crippen LogP contribution is 2.33. The Balaban J connectivity index is 1.70. The SMILES string of the molecule is Cc1cc(C)cc(C(=O)NC2CC[C@@H](c3nnc(OCCOC(F)(F)F)o3)N(C(=O)OC(C)(C)C)C2)c1. The van der Waals surface area contributed by atoms with E-state index in [1.165, 1.54) is 4.90 Å². The van der Waals surface area contributed by atoms with Gasteiger partial charge in [0.1, 0.15) is 18.2 Å². The van der Waals surface area contributed by atoms with Crippen molar-refractivity contribution in [1.82, 2.24) is 20.4 Å². The van der Waals surface area contributed by atoms with E-state index in [9.17, 15) is 22.8 Å². The van der Waals surface area contributed by atoms with E-state index in [1.54, 1.807) is 32.9 Å². The lowest BCUT2D eigenvalue weighted by atomic mass is 9.97. The van der Waals surface area contributed by atoms with Crippen LogP contribution < -0.4 is 10.1 Å². The number of amides is 2. The number of aryl methyl sites for hydroxylation is 2. The highest BCUT2D eigenvalue weighted by molar-refractivity contribution is 5.94. The summed E-state index contributed by atoms with van der Waals surface area (Å²) in [4.78, 5) is 27.3. The lowest BCUT2D eigenvalue weighted by Crippen LogP contribution is -2.52. The third kappa shape index (κ3) is 8.62. The van der Waals surface area contributed by atoms with E-state index in [2.05, 4.69) is 20.3 Å². The van der Waals surface area contributed by atoms with Gasteiger partial charge in [0.25, 0.3) is 5.91 Å². The van der Waals surface area contributed by atoms with Crippen LogP contribution in [-0.2, 0) is 9.47 Å². The van der Waals surface area contributed by atoms with Gasteiger partial charge in [-0.25, -0.2) is 4.79 Å². The number of alkyl halides is 3. The van der Waals surface area contributed by atoms with Gasteiger partial charge in [-0.15, -0.1) is 18.3 Å². The Hall–Kier alpha value is -3.35. The third-order valence-electron chi connectivity index (χ3n) is 5.31. The van der Waals surface area contributed by atoms with Gasteiger partial charge in [-0.3, -0.25) is 14.4 Å². The fraction of sp³-hybridized carbons (Fsp3) is 0.583. The zero-order valence-electron chi connectivity index (χ0n) is 21.3. The molecule has 1 aliphatic heterocycles. The Labute approximate surface area is 212 Å². The molecule has 204 valence electrons. The summed E-state index contributed by atoms with van der Waals surface area (Å²) in [5.74, 6) is -0.217. The zero-order valence-corrected chi connectivity index (χ0v) is 21.3. The van der Waals surface area contributed by atoms with E-state index in [1.807, 2.05) is 19.9 Å². The van der Waals surface area contributed by atoms with Crippen LogP contribution in [0.5, 0.6) is 6.08 Å². The number of ether oxygens (including phenoxy) is 3. The molecule has 0 bridgehead atoms. The van der Waals surface area contributed by atoms with E-state index >= 15 is 0 Å². The van der Waals surface area contributed by atoms with Crippen LogP contribution in [0.25, 0.3) is 0 Å². The van der Waals surface area contributed by atoms with Crippen LogP contribution in [-0.4, -0.2) is 64.9 Å². The summed E-state index contributed by atoms with van der Waals surface area (Å²) in [6.07, 6.45) is -4.91. The molecule has 10 nitrogen and oxygen atoms in total. The molecule has 1 unspecified atom stereocenters. The topological polar surface area (TPSA) is 116 Å². The third-order valence-corrected chi connectivity index (χ3v) is 5.31. The van der Waals surface area contributed by atoms with Gasteiger partial charge in [0.15, 0.2) is 0 Å². The van der Waals surface area contributed by atoms with Gasteiger partial charge in [-0.05, 0) is 59.6 Å². The molecule has 2 amide bonds. The monoisotopic (exact) mass is 528 g/mol. The lowest BCUT2D eigenvalue weighted by Gasteiger charge is -2.38. The quantitative estimate of drug-likeness (QED) is 0.524. The van der Waals surface area contributed by atoms with E-state index < -0.39 is 37.3 Å². The van der Waals surface area contributed by atoms with E-state index in [0.29, 0.717) is 18.4 Å². The minimum absolute atomic E-state index is 0.0386. The highest BCUT2D eigenvalue weighted by Gasteiger charge is 2.39. The Kier molecular flexibility index (Phi) is 8.67. The Morgan fingerprint density at radius 1 is 1.08 bits per heavy atom. The molecule has 1 aromatic heterocycles. The van der Waals surface area contributed by atoms with Gasteiger partial charge >= 0.3 is 18.5 Å². The number of carbonyl (C=O) groups is 2. The number of nitrogens with zero attached hydrogens (tertiary/aromatic N) is 3. The van der Waals surface area contributed by atoms with Crippen molar-refractivity contribution >= 4 is 12.0 Å². The second kappa shape index (κ2) is 11.4. The fourth-order valence-electron chi connectivity index (χ4n) is 3.94. The summed E-state index contributed by atoms with van der Waals surface area (Å²) < 4.78 is 56.0. The van der Waals surface area contributed by atoms with Crippen LogP contribution in [0.15, 0.2) is 22.6 Å².